The Morgan fingerprint density at radius 1 is 1.21 bits per heavy atom. The highest BCUT2D eigenvalue weighted by molar-refractivity contribution is 8.00. The maximum Gasteiger partial charge on any atom is 0.186 e. The molecule has 0 saturated carbocycles. The predicted molar refractivity (Wildman–Crippen MR) is 109 cm³/mol. The number of thioether (sulfide) groups is 1. The molecule has 2 heterocycles. The SMILES string of the molecule is CC(C)(C)Sc1ncnn1C[C@@]1(c2ccc(F)cc2F)O[C@@H]1c1ccccc1Cl. The summed E-state index contributed by atoms with van der Waals surface area (Å²) < 4.78 is 36.0. The van der Waals surface area contributed by atoms with E-state index in [1.54, 1.807) is 22.5 Å². The Kier molecular flexibility index (Phi) is 5.17. The molecule has 4 nitrogen and oxygen atoms in total. The maximum absolute atomic E-state index is 14.8. The third kappa shape index (κ3) is 4.04. The van der Waals surface area contributed by atoms with E-state index in [-0.39, 0.29) is 16.9 Å². The van der Waals surface area contributed by atoms with Crippen molar-refractivity contribution in [1.82, 2.24) is 14.8 Å². The highest BCUT2D eigenvalue weighted by atomic mass is 35.5. The fraction of sp³-hybridized carbons (Fsp3) is 0.333. The molecule has 3 aromatic rings. The van der Waals surface area contributed by atoms with Gasteiger partial charge in [-0.2, -0.15) is 5.10 Å². The Morgan fingerprint density at radius 3 is 2.66 bits per heavy atom. The summed E-state index contributed by atoms with van der Waals surface area (Å²) in [6.45, 7) is 6.45. The van der Waals surface area contributed by atoms with E-state index in [1.165, 1.54) is 18.5 Å². The van der Waals surface area contributed by atoms with Crippen molar-refractivity contribution in [3.63, 3.8) is 0 Å². The molecule has 8 heteroatoms. The van der Waals surface area contributed by atoms with Crippen LogP contribution in [0.1, 0.15) is 38.0 Å². The van der Waals surface area contributed by atoms with Crippen molar-refractivity contribution >= 4 is 23.4 Å². The van der Waals surface area contributed by atoms with Crippen molar-refractivity contribution in [3.8, 4) is 0 Å². The minimum atomic E-state index is -1.05. The predicted octanol–water partition coefficient (Wildman–Crippen LogP) is 5.77. The van der Waals surface area contributed by atoms with Gasteiger partial charge in [0.1, 0.15) is 29.7 Å². The van der Waals surface area contributed by atoms with Gasteiger partial charge in [0, 0.05) is 27.0 Å². The van der Waals surface area contributed by atoms with Gasteiger partial charge in [0.15, 0.2) is 5.16 Å². The number of rotatable bonds is 5. The molecule has 29 heavy (non-hydrogen) atoms. The lowest BCUT2D eigenvalue weighted by Crippen LogP contribution is -2.23. The molecule has 0 aliphatic carbocycles. The fourth-order valence-electron chi connectivity index (χ4n) is 3.36. The average molecular weight is 436 g/mol. The first kappa shape index (κ1) is 20.3. The average Bonchev–Trinajstić information content (AvgIpc) is 3.18. The topological polar surface area (TPSA) is 43.2 Å². The van der Waals surface area contributed by atoms with E-state index in [0.29, 0.717) is 10.2 Å². The third-order valence-electron chi connectivity index (χ3n) is 4.63. The van der Waals surface area contributed by atoms with Crippen LogP contribution in [0.2, 0.25) is 5.02 Å². The Hall–Kier alpha value is -1.96. The lowest BCUT2D eigenvalue weighted by atomic mass is 9.91. The Morgan fingerprint density at radius 2 is 1.97 bits per heavy atom. The van der Waals surface area contributed by atoms with Crippen LogP contribution in [-0.4, -0.2) is 19.5 Å². The van der Waals surface area contributed by atoms with Gasteiger partial charge in [0.25, 0.3) is 0 Å². The van der Waals surface area contributed by atoms with E-state index in [1.807, 2.05) is 18.2 Å². The number of hydrogen-bond donors (Lipinski definition) is 0. The first-order chi connectivity index (χ1) is 13.7. The highest BCUT2D eigenvalue weighted by Crippen LogP contribution is 2.60. The summed E-state index contributed by atoms with van der Waals surface area (Å²) in [6.07, 6.45) is 0.989. The zero-order valence-electron chi connectivity index (χ0n) is 16.2. The van der Waals surface area contributed by atoms with Crippen LogP contribution in [0.3, 0.4) is 0 Å². The first-order valence-electron chi connectivity index (χ1n) is 9.14. The van der Waals surface area contributed by atoms with Crippen molar-refractivity contribution in [3.05, 3.63) is 76.6 Å². The molecule has 2 atom stereocenters. The van der Waals surface area contributed by atoms with E-state index >= 15 is 0 Å². The number of benzene rings is 2. The van der Waals surface area contributed by atoms with E-state index in [0.717, 1.165) is 11.6 Å². The Bertz CT molecular complexity index is 1050. The molecule has 0 radical (unpaired) electrons. The molecule has 2 aromatic carbocycles. The molecular weight excluding hydrogens is 416 g/mol. The Labute approximate surface area is 177 Å². The quantitative estimate of drug-likeness (QED) is 0.377. The van der Waals surface area contributed by atoms with Crippen molar-refractivity contribution in [1.29, 1.82) is 0 Å². The molecule has 4 rings (SSSR count). The molecule has 0 spiro atoms. The highest BCUT2D eigenvalue weighted by Gasteiger charge is 2.61. The minimum absolute atomic E-state index is 0.0778. The standard InChI is InChI=1S/C21H20ClF2N3OS/c1-20(2,3)29-19-25-12-26-27(19)11-21(15-9-8-13(23)10-17(15)24)18(28-21)14-6-4-5-7-16(14)22/h4-10,12,18H,11H2,1-3H3/t18-,21+/m1/s1. The summed E-state index contributed by atoms with van der Waals surface area (Å²) in [7, 11) is 0. The largest absolute Gasteiger partial charge is 0.354 e. The zero-order chi connectivity index (χ0) is 20.8. The molecule has 152 valence electrons. The van der Waals surface area contributed by atoms with Gasteiger partial charge in [-0.3, -0.25) is 0 Å². The second-order valence-electron chi connectivity index (χ2n) is 7.95. The van der Waals surface area contributed by atoms with E-state index in [2.05, 4.69) is 30.9 Å². The lowest BCUT2D eigenvalue weighted by Gasteiger charge is -2.20. The number of ether oxygens (including phenoxy) is 1. The van der Waals surface area contributed by atoms with Crippen molar-refractivity contribution in [2.75, 3.05) is 0 Å². The van der Waals surface area contributed by atoms with Crippen LogP contribution in [0.5, 0.6) is 0 Å². The summed E-state index contributed by atoms with van der Waals surface area (Å²) in [4.78, 5) is 4.34. The van der Waals surface area contributed by atoms with Crippen LogP contribution >= 0.6 is 23.4 Å². The van der Waals surface area contributed by atoms with Crippen molar-refractivity contribution in [2.45, 2.75) is 48.9 Å². The molecule has 1 fully saturated rings. The second-order valence-corrected chi connectivity index (χ2v) is 10.1. The molecular formula is C21H20ClF2N3OS. The number of halogens is 3. The number of nitrogens with zero attached hydrogens (tertiary/aromatic N) is 3. The van der Waals surface area contributed by atoms with Crippen LogP contribution < -0.4 is 0 Å². The molecule has 1 saturated heterocycles. The molecule has 1 aliphatic rings. The van der Waals surface area contributed by atoms with Crippen LogP contribution in [0.4, 0.5) is 8.78 Å². The summed E-state index contributed by atoms with van der Waals surface area (Å²) in [5, 5.41) is 5.56. The Balaban J connectivity index is 1.76. The van der Waals surface area contributed by atoms with Gasteiger partial charge in [-0.05, 0) is 12.1 Å². The van der Waals surface area contributed by atoms with Crippen LogP contribution in [0.25, 0.3) is 0 Å². The van der Waals surface area contributed by atoms with Crippen LogP contribution in [-0.2, 0) is 16.9 Å². The summed E-state index contributed by atoms with van der Waals surface area (Å²) >= 11 is 7.93. The normalized spacial score (nSPS) is 21.4. The minimum Gasteiger partial charge on any atom is -0.354 e. The third-order valence-corrected chi connectivity index (χ3v) is 6.09. The zero-order valence-corrected chi connectivity index (χ0v) is 17.8. The van der Waals surface area contributed by atoms with Gasteiger partial charge in [0.2, 0.25) is 0 Å². The first-order valence-corrected chi connectivity index (χ1v) is 10.3. The van der Waals surface area contributed by atoms with Gasteiger partial charge in [0.05, 0.1) is 6.54 Å². The molecule has 1 aromatic heterocycles. The van der Waals surface area contributed by atoms with E-state index in [9.17, 15) is 8.78 Å². The summed E-state index contributed by atoms with van der Waals surface area (Å²) in [5.74, 6) is -1.30. The smallest absolute Gasteiger partial charge is 0.186 e. The molecule has 1 aliphatic heterocycles. The molecule has 0 bridgehead atoms. The molecule has 0 unspecified atom stereocenters. The molecule has 0 N–H and O–H groups in total. The van der Waals surface area contributed by atoms with Crippen LogP contribution in [0, 0.1) is 11.6 Å². The van der Waals surface area contributed by atoms with E-state index < -0.39 is 23.3 Å². The number of epoxide rings is 1. The fourth-order valence-corrected chi connectivity index (χ4v) is 4.46. The van der Waals surface area contributed by atoms with Gasteiger partial charge in [-0.1, -0.05) is 68.4 Å². The van der Waals surface area contributed by atoms with Gasteiger partial charge >= 0.3 is 0 Å². The van der Waals surface area contributed by atoms with E-state index in [4.69, 9.17) is 16.3 Å². The number of aromatic nitrogens is 3. The number of hydrogen-bond acceptors (Lipinski definition) is 4. The monoisotopic (exact) mass is 435 g/mol. The maximum atomic E-state index is 14.8. The van der Waals surface area contributed by atoms with Gasteiger partial charge in [-0.25, -0.2) is 18.4 Å². The summed E-state index contributed by atoms with van der Waals surface area (Å²) in [6, 6.07) is 10.8. The second kappa shape index (κ2) is 7.38. The lowest BCUT2D eigenvalue weighted by molar-refractivity contribution is 0.250. The summed E-state index contributed by atoms with van der Waals surface area (Å²) in [5.41, 5.74) is -0.0296. The van der Waals surface area contributed by atoms with Crippen molar-refractivity contribution in [2.24, 2.45) is 0 Å². The van der Waals surface area contributed by atoms with Gasteiger partial charge < -0.3 is 4.74 Å². The van der Waals surface area contributed by atoms with Crippen LogP contribution in [0.15, 0.2) is 53.9 Å². The van der Waals surface area contributed by atoms with Gasteiger partial charge in [-0.15, -0.1) is 0 Å². The molecule has 0 amide bonds. The van der Waals surface area contributed by atoms with Crippen molar-refractivity contribution < 1.29 is 13.5 Å².